The van der Waals surface area contributed by atoms with Gasteiger partial charge in [0.05, 0.1) is 6.20 Å². The fraction of sp³-hybridized carbons (Fsp3) is 0. The van der Waals surface area contributed by atoms with Gasteiger partial charge in [-0.2, -0.15) is 19.8 Å². The van der Waals surface area contributed by atoms with E-state index in [9.17, 15) is 9.18 Å². The molecule has 0 aliphatic rings. The molecule has 0 aromatic carbocycles. The van der Waals surface area contributed by atoms with Crippen molar-refractivity contribution < 1.29 is 9.18 Å². The molecular weight excluding hydrogens is 201 g/mol. The monoisotopic (exact) mass is 207 g/mol. The zero-order valence-electron chi connectivity index (χ0n) is 7.44. The summed E-state index contributed by atoms with van der Waals surface area (Å²) in [5.41, 5.74) is 0.112. The summed E-state index contributed by atoms with van der Waals surface area (Å²) in [6, 6.07) is 4.10. The lowest BCUT2D eigenvalue weighted by atomic mass is 10.4. The zero-order chi connectivity index (χ0) is 10.7. The van der Waals surface area contributed by atoms with Crippen molar-refractivity contribution in [3.05, 3.63) is 36.0 Å². The number of hydrogen-bond donors (Lipinski definition) is 2. The molecule has 0 fully saturated rings. The molecular formula is C8H6FN5O. The first-order chi connectivity index (χ1) is 7.25. The number of carbonyl (C=O) groups excluding carboxylic acids is 1. The van der Waals surface area contributed by atoms with E-state index in [1.807, 2.05) is 0 Å². The molecule has 0 atom stereocenters. The molecule has 0 aliphatic heterocycles. The zero-order valence-corrected chi connectivity index (χ0v) is 7.44. The van der Waals surface area contributed by atoms with Crippen LogP contribution in [0.2, 0.25) is 0 Å². The van der Waals surface area contributed by atoms with E-state index in [2.05, 4.69) is 25.7 Å². The Morgan fingerprint density at radius 1 is 1.47 bits per heavy atom. The molecule has 2 rings (SSSR count). The van der Waals surface area contributed by atoms with E-state index in [4.69, 9.17) is 0 Å². The van der Waals surface area contributed by atoms with Gasteiger partial charge in [-0.05, 0) is 12.1 Å². The molecule has 0 saturated heterocycles. The Labute approximate surface area is 83.5 Å². The van der Waals surface area contributed by atoms with Crippen molar-refractivity contribution in [3.63, 3.8) is 0 Å². The number of rotatable bonds is 2. The van der Waals surface area contributed by atoms with Gasteiger partial charge in [0.15, 0.2) is 5.69 Å². The van der Waals surface area contributed by atoms with Gasteiger partial charge in [0.25, 0.3) is 5.91 Å². The number of hydrogen-bond acceptors (Lipinski definition) is 4. The summed E-state index contributed by atoms with van der Waals surface area (Å²) in [5, 5.41) is 11.7. The molecule has 0 saturated carbocycles. The molecule has 2 N–H and O–H groups in total. The predicted octanol–water partition coefficient (Wildman–Crippen LogP) is 0.591. The lowest BCUT2D eigenvalue weighted by Crippen LogP contribution is -2.13. The molecule has 6 nitrogen and oxygen atoms in total. The van der Waals surface area contributed by atoms with Gasteiger partial charge >= 0.3 is 0 Å². The second-order valence-electron chi connectivity index (χ2n) is 2.65. The van der Waals surface area contributed by atoms with Gasteiger partial charge in [-0.25, -0.2) is 4.98 Å². The third kappa shape index (κ3) is 2.13. The topological polar surface area (TPSA) is 83.6 Å². The molecule has 76 valence electrons. The Bertz CT molecular complexity index is 470. The van der Waals surface area contributed by atoms with Crippen molar-refractivity contribution in [2.75, 3.05) is 5.32 Å². The van der Waals surface area contributed by atoms with Crippen molar-refractivity contribution in [1.82, 2.24) is 20.4 Å². The predicted molar refractivity (Wildman–Crippen MR) is 48.5 cm³/mol. The SMILES string of the molecule is O=C(Nc1cccc(F)n1)c1cn[nH]n1. The van der Waals surface area contributed by atoms with Crippen molar-refractivity contribution in [2.45, 2.75) is 0 Å². The second-order valence-corrected chi connectivity index (χ2v) is 2.65. The molecule has 0 spiro atoms. The van der Waals surface area contributed by atoms with Crippen LogP contribution in [0.4, 0.5) is 10.2 Å². The van der Waals surface area contributed by atoms with Gasteiger partial charge in [-0.15, -0.1) is 0 Å². The average Bonchev–Trinajstić information content (AvgIpc) is 2.70. The summed E-state index contributed by atoms with van der Waals surface area (Å²) in [6.45, 7) is 0. The average molecular weight is 207 g/mol. The van der Waals surface area contributed by atoms with Gasteiger partial charge < -0.3 is 5.32 Å². The van der Waals surface area contributed by atoms with E-state index in [1.165, 1.54) is 24.4 Å². The Morgan fingerprint density at radius 3 is 3.00 bits per heavy atom. The van der Waals surface area contributed by atoms with Crippen molar-refractivity contribution in [2.24, 2.45) is 0 Å². The summed E-state index contributed by atoms with van der Waals surface area (Å²) in [5.74, 6) is -1.03. The van der Waals surface area contributed by atoms with Crippen LogP contribution in [-0.4, -0.2) is 26.3 Å². The number of pyridine rings is 1. The van der Waals surface area contributed by atoms with Crippen LogP contribution in [-0.2, 0) is 0 Å². The standard InChI is InChI=1S/C8H6FN5O/c9-6-2-1-3-7(11-6)12-8(15)5-4-10-14-13-5/h1-4H,(H,10,13,14)(H,11,12,15). The highest BCUT2D eigenvalue weighted by molar-refractivity contribution is 6.01. The molecule has 0 radical (unpaired) electrons. The first-order valence-electron chi connectivity index (χ1n) is 4.05. The van der Waals surface area contributed by atoms with E-state index in [0.29, 0.717) is 0 Å². The van der Waals surface area contributed by atoms with Crippen LogP contribution in [0.1, 0.15) is 10.5 Å². The van der Waals surface area contributed by atoms with Gasteiger partial charge in [0.2, 0.25) is 5.95 Å². The summed E-state index contributed by atoms with van der Waals surface area (Å²) in [4.78, 5) is 14.9. The molecule has 1 amide bonds. The molecule has 2 heterocycles. The normalized spacial score (nSPS) is 9.93. The maximum absolute atomic E-state index is 12.7. The molecule has 2 aromatic heterocycles. The minimum atomic E-state index is -0.659. The molecule has 7 heteroatoms. The number of amides is 1. The first kappa shape index (κ1) is 9.25. The van der Waals surface area contributed by atoms with E-state index in [-0.39, 0.29) is 11.5 Å². The van der Waals surface area contributed by atoms with Gasteiger partial charge in [0, 0.05) is 0 Å². The summed E-state index contributed by atoms with van der Waals surface area (Å²) in [6.07, 6.45) is 1.26. The van der Waals surface area contributed by atoms with Crippen LogP contribution in [0.25, 0.3) is 0 Å². The molecule has 2 aromatic rings. The molecule has 0 unspecified atom stereocenters. The quantitative estimate of drug-likeness (QED) is 0.706. The number of nitrogens with zero attached hydrogens (tertiary/aromatic N) is 3. The number of nitrogens with one attached hydrogen (secondary N) is 2. The van der Waals surface area contributed by atoms with Crippen molar-refractivity contribution in [1.29, 1.82) is 0 Å². The largest absolute Gasteiger partial charge is 0.305 e. The lowest BCUT2D eigenvalue weighted by Gasteiger charge is -2.00. The van der Waals surface area contributed by atoms with Crippen LogP contribution in [0.5, 0.6) is 0 Å². The van der Waals surface area contributed by atoms with Crippen LogP contribution >= 0.6 is 0 Å². The third-order valence-electron chi connectivity index (χ3n) is 1.60. The lowest BCUT2D eigenvalue weighted by molar-refractivity contribution is 0.102. The number of H-pyrrole nitrogens is 1. The molecule has 0 aliphatic carbocycles. The second kappa shape index (κ2) is 3.82. The minimum absolute atomic E-state index is 0.112. The van der Waals surface area contributed by atoms with Gasteiger partial charge in [-0.1, -0.05) is 6.07 Å². The van der Waals surface area contributed by atoms with E-state index in [0.717, 1.165) is 0 Å². The van der Waals surface area contributed by atoms with Crippen LogP contribution in [0.3, 0.4) is 0 Å². The summed E-state index contributed by atoms with van der Waals surface area (Å²) >= 11 is 0. The Morgan fingerprint density at radius 2 is 2.33 bits per heavy atom. The molecule has 0 bridgehead atoms. The Kier molecular flexibility index (Phi) is 2.36. The Balaban J connectivity index is 2.13. The maximum Gasteiger partial charge on any atom is 0.278 e. The van der Waals surface area contributed by atoms with E-state index < -0.39 is 11.9 Å². The Hall–Kier alpha value is -2.31. The number of carbonyl (C=O) groups is 1. The van der Waals surface area contributed by atoms with Crippen LogP contribution in [0.15, 0.2) is 24.4 Å². The fourth-order valence-electron chi connectivity index (χ4n) is 0.969. The van der Waals surface area contributed by atoms with Crippen molar-refractivity contribution in [3.8, 4) is 0 Å². The number of halogens is 1. The van der Waals surface area contributed by atoms with Gasteiger partial charge in [0.1, 0.15) is 5.82 Å². The minimum Gasteiger partial charge on any atom is -0.305 e. The highest BCUT2D eigenvalue weighted by Gasteiger charge is 2.09. The smallest absolute Gasteiger partial charge is 0.278 e. The number of aromatic amines is 1. The van der Waals surface area contributed by atoms with E-state index >= 15 is 0 Å². The van der Waals surface area contributed by atoms with Gasteiger partial charge in [-0.3, -0.25) is 4.79 Å². The van der Waals surface area contributed by atoms with Crippen LogP contribution in [0, 0.1) is 5.95 Å². The highest BCUT2D eigenvalue weighted by atomic mass is 19.1. The molecule has 15 heavy (non-hydrogen) atoms. The summed E-state index contributed by atoms with van der Waals surface area (Å²) < 4.78 is 12.7. The van der Waals surface area contributed by atoms with Crippen molar-refractivity contribution >= 4 is 11.7 Å². The third-order valence-corrected chi connectivity index (χ3v) is 1.60. The fourth-order valence-corrected chi connectivity index (χ4v) is 0.969. The number of aromatic nitrogens is 4. The summed E-state index contributed by atoms with van der Waals surface area (Å²) in [7, 11) is 0. The first-order valence-corrected chi connectivity index (χ1v) is 4.05. The highest BCUT2D eigenvalue weighted by Crippen LogP contribution is 2.04. The maximum atomic E-state index is 12.7. The number of anilines is 1. The van der Waals surface area contributed by atoms with Crippen LogP contribution < -0.4 is 5.32 Å². The van der Waals surface area contributed by atoms with E-state index in [1.54, 1.807) is 0 Å².